The summed E-state index contributed by atoms with van der Waals surface area (Å²) in [5.41, 5.74) is 7.62. The van der Waals surface area contributed by atoms with Gasteiger partial charge in [0, 0.05) is 18.0 Å². The molecule has 88 valence electrons. The third kappa shape index (κ3) is 3.35. The molecule has 1 heterocycles. The Hall–Kier alpha value is -0.810. The second-order valence-electron chi connectivity index (χ2n) is 3.72. The molecule has 1 aromatic rings. The normalized spacial score (nSPS) is 12.2. The van der Waals surface area contributed by atoms with Crippen molar-refractivity contribution in [2.75, 3.05) is 17.3 Å². The quantitative estimate of drug-likeness (QED) is 0.790. The Balaban J connectivity index is 2.95. The third-order valence-electron chi connectivity index (χ3n) is 2.21. The molecular formula is C11H17N3S2. The van der Waals surface area contributed by atoms with Crippen LogP contribution in [-0.2, 0) is 0 Å². The number of thioether (sulfide) groups is 1. The summed E-state index contributed by atoms with van der Waals surface area (Å²) in [7, 11) is 0. The smallest absolute Gasteiger partial charge is 0.136 e. The van der Waals surface area contributed by atoms with E-state index in [1.54, 1.807) is 18.0 Å². The van der Waals surface area contributed by atoms with Crippen molar-refractivity contribution in [3.63, 3.8) is 0 Å². The number of hydrogen-bond acceptors (Lipinski definition) is 4. The molecule has 0 bridgehead atoms. The van der Waals surface area contributed by atoms with Crippen LogP contribution in [0.5, 0.6) is 0 Å². The molecule has 0 aromatic carbocycles. The van der Waals surface area contributed by atoms with Crippen molar-refractivity contribution in [3.8, 4) is 0 Å². The lowest BCUT2D eigenvalue weighted by atomic mass is 10.1. The number of aryl methyl sites for hydroxylation is 1. The maximum absolute atomic E-state index is 5.71. The number of rotatable bonds is 5. The van der Waals surface area contributed by atoms with Gasteiger partial charge in [-0.2, -0.15) is 11.8 Å². The van der Waals surface area contributed by atoms with Crippen LogP contribution in [0.1, 0.15) is 18.1 Å². The Labute approximate surface area is 106 Å². The summed E-state index contributed by atoms with van der Waals surface area (Å²) in [6.07, 6.45) is 3.85. The fourth-order valence-corrected chi connectivity index (χ4v) is 2.34. The van der Waals surface area contributed by atoms with Gasteiger partial charge in [-0.25, -0.2) is 4.98 Å². The van der Waals surface area contributed by atoms with Gasteiger partial charge in [0.1, 0.15) is 10.8 Å². The molecule has 0 aliphatic carbocycles. The Kier molecular flexibility index (Phi) is 5.02. The predicted octanol–water partition coefficient (Wildman–Crippen LogP) is 2.19. The van der Waals surface area contributed by atoms with Crippen LogP contribution in [0.2, 0.25) is 0 Å². The number of anilines is 1. The first-order chi connectivity index (χ1) is 7.56. The first kappa shape index (κ1) is 13.3. The SMILES string of the molecule is CSCC(C)Nc1nccc(C)c1C(N)=S. The molecule has 1 atom stereocenters. The Bertz CT molecular complexity index is 379. The summed E-state index contributed by atoms with van der Waals surface area (Å²) >= 11 is 6.84. The number of pyridine rings is 1. The van der Waals surface area contributed by atoms with Gasteiger partial charge in [-0.15, -0.1) is 0 Å². The van der Waals surface area contributed by atoms with Crippen LogP contribution in [0.15, 0.2) is 12.3 Å². The molecule has 16 heavy (non-hydrogen) atoms. The largest absolute Gasteiger partial charge is 0.389 e. The fraction of sp³-hybridized carbons (Fsp3) is 0.455. The zero-order chi connectivity index (χ0) is 12.1. The van der Waals surface area contributed by atoms with Gasteiger partial charge in [0.2, 0.25) is 0 Å². The summed E-state index contributed by atoms with van der Waals surface area (Å²) in [6, 6.07) is 2.26. The minimum atomic E-state index is 0.345. The summed E-state index contributed by atoms with van der Waals surface area (Å²) in [5.74, 6) is 1.81. The summed E-state index contributed by atoms with van der Waals surface area (Å²) < 4.78 is 0. The molecule has 0 aliphatic heterocycles. The van der Waals surface area contributed by atoms with Crippen LogP contribution in [0, 0.1) is 6.92 Å². The van der Waals surface area contributed by atoms with Crippen molar-refractivity contribution < 1.29 is 0 Å². The van der Waals surface area contributed by atoms with Gasteiger partial charge in [-0.3, -0.25) is 0 Å². The molecule has 0 radical (unpaired) electrons. The predicted molar refractivity (Wildman–Crippen MR) is 76.3 cm³/mol. The molecular weight excluding hydrogens is 238 g/mol. The minimum Gasteiger partial charge on any atom is -0.389 e. The molecule has 0 fully saturated rings. The molecule has 3 N–H and O–H groups in total. The number of nitrogens with zero attached hydrogens (tertiary/aromatic N) is 1. The average Bonchev–Trinajstić information content (AvgIpc) is 2.17. The number of hydrogen-bond donors (Lipinski definition) is 2. The first-order valence-electron chi connectivity index (χ1n) is 5.07. The first-order valence-corrected chi connectivity index (χ1v) is 6.87. The van der Waals surface area contributed by atoms with Crippen molar-refractivity contribution in [1.82, 2.24) is 4.98 Å². The van der Waals surface area contributed by atoms with E-state index in [0.717, 1.165) is 22.7 Å². The topological polar surface area (TPSA) is 50.9 Å². The molecule has 0 aliphatic rings. The molecule has 3 nitrogen and oxygen atoms in total. The van der Waals surface area contributed by atoms with Crippen LogP contribution in [0.3, 0.4) is 0 Å². The standard InChI is InChI=1S/C11H17N3S2/c1-7-4-5-13-11(9(7)10(12)15)14-8(2)6-16-3/h4-5,8H,6H2,1-3H3,(H2,12,15)(H,13,14). The van der Waals surface area contributed by atoms with E-state index in [9.17, 15) is 0 Å². The second kappa shape index (κ2) is 6.06. The highest BCUT2D eigenvalue weighted by Gasteiger charge is 2.11. The van der Waals surface area contributed by atoms with Gasteiger partial charge in [0.05, 0.1) is 5.56 Å². The second-order valence-corrected chi connectivity index (χ2v) is 5.07. The lowest BCUT2D eigenvalue weighted by molar-refractivity contribution is 0.901. The van der Waals surface area contributed by atoms with E-state index in [4.69, 9.17) is 18.0 Å². The Morgan fingerprint density at radius 2 is 2.38 bits per heavy atom. The van der Waals surface area contributed by atoms with Gasteiger partial charge in [-0.05, 0) is 31.7 Å². The minimum absolute atomic E-state index is 0.345. The summed E-state index contributed by atoms with van der Waals surface area (Å²) in [5, 5.41) is 3.33. The van der Waals surface area contributed by atoms with E-state index in [1.165, 1.54) is 0 Å². The zero-order valence-electron chi connectivity index (χ0n) is 9.78. The fourth-order valence-electron chi connectivity index (χ4n) is 1.50. The number of nitrogens with one attached hydrogen (secondary N) is 1. The lowest BCUT2D eigenvalue weighted by Crippen LogP contribution is -2.23. The maximum atomic E-state index is 5.71. The highest BCUT2D eigenvalue weighted by atomic mass is 32.2. The van der Waals surface area contributed by atoms with Crippen molar-refractivity contribution in [1.29, 1.82) is 0 Å². The highest BCUT2D eigenvalue weighted by molar-refractivity contribution is 7.98. The van der Waals surface area contributed by atoms with Gasteiger partial charge < -0.3 is 11.1 Å². The number of aromatic nitrogens is 1. The molecule has 0 saturated heterocycles. The van der Waals surface area contributed by atoms with Gasteiger partial charge in [0.25, 0.3) is 0 Å². The molecule has 1 aromatic heterocycles. The molecule has 0 spiro atoms. The van der Waals surface area contributed by atoms with Crippen LogP contribution in [-0.4, -0.2) is 28.0 Å². The van der Waals surface area contributed by atoms with Crippen molar-refractivity contribution in [2.24, 2.45) is 5.73 Å². The monoisotopic (exact) mass is 255 g/mol. The van der Waals surface area contributed by atoms with Crippen LogP contribution < -0.4 is 11.1 Å². The molecule has 0 saturated carbocycles. The third-order valence-corrected chi connectivity index (χ3v) is 3.24. The number of thiocarbonyl (C=S) groups is 1. The van der Waals surface area contributed by atoms with E-state index in [1.807, 2.05) is 13.0 Å². The van der Waals surface area contributed by atoms with Crippen LogP contribution >= 0.6 is 24.0 Å². The molecule has 0 amide bonds. The highest BCUT2D eigenvalue weighted by Crippen LogP contribution is 2.17. The lowest BCUT2D eigenvalue weighted by Gasteiger charge is -2.17. The van der Waals surface area contributed by atoms with Gasteiger partial charge in [0.15, 0.2) is 0 Å². The van der Waals surface area contributed by atoms with E-state index in [2.05, 4.69) is 23.5 Å². The summed E-state index contributed by atoms with van der Waals surface area (Å²) in [6.45, 7) is 4.10. The van der Waals surface area contributed by atoms with Crippen LogP contribution in [0.4, 0.5) is 5.82 Å². The van der Waals surface area contributed by atoms with E-state index < -0.39 is 0 Å². The van der Waals surface area contributed by atoms with Crippen molar-refractivity contribution >= 4 is 34.8 Å². The zero-order valence-corrected chi connectivity index (χ0v) is 11.4. The van der Waals surface area contributed by atoms with E-state index in [-0.39, 0.29) is 0 Å². The van der Waals surface area contributed by atoms with E-state index >= 15 is 0 Å². The summed E-state index contributed by atoms with van der Waals surface area (Å²) in [4.78, 5) is 4.69. The van der Waals surface area contributed by atoms with Gasteiger partial charge in [-0.1, -0.05) is 12.2 Å². The Morgan fingerprint density at radius 1 is 1.69 bits per heavy atom. The van der Waals surface area contributed by atoms with Gasteiger partial charge >= 0.3 is 0 Å². The van der Waals surface area contributed by atoms with Crippen molar-refractivity contribution in [3.05, 3.63) is 23.4 Å². The maximum Gasteiger partial charge on any atom is 0.136 e. The Morgan fingerprint density at radius 3 is 2.94 bits per heavy atom. The molecule has 1 unspecified atom stereocenters. The number of nitrogens with two attached hydrogens (primary N) is 1. The molecule has 1 rings (SSSR count). The van der Waals surface area contributed by atoms with E-state index in [0.29, 0.717) is 11.0 Å². The molecule has 5 heteroatoms. The van der Waals surface area contributed by atoms with Crippen LogP contribution in [0.25, 0.3) is 0 Å². The van der Waals surface area contributed by atoms with Crippen molar-refractivity contribution in [2.45, 2.75) is 19.9 Å². The average molecular weight is 255 g/mol.